The molecule has 0 saturated carbocycles. The van der Waals surface area contributed by atoms with Crippen LogP contribution in [0.4, 0.5) is 32.0 Å². The molecule has 0 aliphatic heterocycles. The van der Waals surface area contributed by atoms with Gasteiger partial charge in [-0.2, -0.15) is 26.3 Å². The van der Waals surface area contributed by atoms with E-state index in [4.69, 9.17) is 0 Å². The molecular weight excluding hydrogens is 494 g/mol. The first-order chi connectivity index (χ1) is 10.7. The van der Waals surface area contributed by atoms with Crippen molar-refractivity contribution in [3.8, 4) is 0 Å². The van der Waals surface area contributed by atoms with E-state index in [0.29, 0.717) is 0 Å². The molecule has 0 aliphatic rings. The number of hydrogen-bond acceptors (Lipinski definition) is 2. The molecular formula is C12H10Br2F6N2OS. The number of benzene rings is 1. The van der Waals surface area contributed by atoms with Gasteiger partial charge in [-0.25, -0.2) is 4.99 Å². The zero-order valence-corrected chi connectivity index (χ0v) is 16.1. The molecule has 0 bridgehead atoms. The molecule has 0 saturated heterocycles. The van der Waals surface area contributed by atoms with Gasteiger partial charge in [0, 0.05) is 24.6 Å². The third-order valence-electron chi connectivity index (χ3n) is 2.44. The van der Waals surface area contributed by atoms with Crippen molar-refractivity contribution < 1.29 is 30.9 Å². The summed E-state index contributed by atoms with van der Waals surface area (Å²) in [6.07, 6.45) is -9.44. The van der Waals surface area contributed by atoms with Crippen LogP contribution in [0.1, 0.15) is 0 Å². The second kappa shape index (κ2) is 7.83. The number of nitrogens with zero attached hydrogens (tertiary/aromatic N) is 2. The molecule has 0 N–H and O–H groups in total. The summed E-state index contributed by atoms with van der Waals surface area (Å²) in [7, 11) is 2.25. The number of aliphatic imine (C=N–C) groups is 1. The molecule has 0 heterocycles. The van der Waals surface area contributed by atoms with Gasteiger partial charge < -0.3 is 9.45 Å². The smallest absolute Gasteiger partial charge is 0.449 e. The van der Waals surface area contributed by atoms with Crippen LogP contribution >= 0.6 is 31.9 Å². The molecule has 1 rings (SSSR count). The Morgan fingerprint density at radius 3 is 2.08 bits per heavy atom. The lowest BCUT2D eigenvalue weighted by molar-refractivity contribution is -0.106. The summed E-state index contributed by atoms with van der Waals surface area (Å²) in [4.78, 5) is 3.87. The molecule has 0 radical (unpaired) electrons. The Balaban J connectivity index is 3.38. The van der Waals surface area contributed by atoms with Crippen LogP contribution in [0.15, 0.2) is 31.0 Å². The van der Waals surface area contributed by atoms with E-state index in [1.807, 2.05) is 0 Å². The van der Waals surface area contributed by atoms with Crippen LogP contribution in [0.5, 0.6) is 0 Å². The van der Waals surface area contributed by atoms with Crippen LogP contribution in [-0.4, -0.2) is 47.5 Å². The molecule has 1 aromatic carbocycles. The van der Waals surface area contributed by atoms with E-state index < -0.39 is 35.1 Å². The standard InChI is InChI=1S/C12H10Br2F6N2OS/c1-22(2)10(12(18,19)20)21-8-4-9(7(14)3-6(8)13)24(23)5-11(15,16)17/h3-4H,5H2,1-2H3/b21-10+. The van der Waals surface area contributed by atoms with Gasteiger partial charge in [-0.1, -0.05) is 0 Å². The van der Waals surface area contributed by atoms with Crippen molar-refractivity contribution in [2.24, 2.45) is 4.99 Å². The quantitative estimate of drug-likeness (QED) is 0.251. The van der Waals surface area contributed by atoms with Gasteiger partial charge in [0.1, 0.15) is 0 Å². The zero-order chi connectivity index (χ0) is 18.9. The summed E-state index contributed by atoms with van der Waals surface area (Å²) < 4.78 is 87.9. The molecule has 0 aromatic heterocycles. The highest BCUT2D eigenvalue weighted by molar-refractivity contribution is 9.11. The number of alkyl halides is 6. The highest BCUT2D eigenvalue weighted by Crippen LogP contribution is 2.37. The number of halogens is 8. The van der Waals surface area contributed by atoms with E-state index in [1.54, 1.807) is 0 Å². The Labute approximate surface area is 153 Å². The summed E-state index contributed by atoms with van der Waals surface area (Å²) in [5.41, 5.74) is -0.287. The minimum Gasteiger partial charge on any atom is -0.611 e. The van der Waals surface area contributed by atoms with Gasteiger partial charge in [0.2, 0.25) is 11.6 Å². The van der Waals surface area contributed by atoms with Gasteiger partial charge in [0.05, 0.1) is 10.2 Å². The minimum atomic E-state index is -4.76. The van der Waals surface area contributed by atoms with Gasteiger partial charge in [-0.3, -0.25) is 0 Å². The van der Waals surface area contributed by atoms with Gasteiger partial charge >= 0.3 is 12.4 Å². The minimum absolute atomic E-state index is 0.0642. The fraction of sp³-hybridized carbons (Fsp3) is 0.417. The van der Waals surface area contributed by atoms with Gasteiger partial charge in [0.25, 0.3) is 0 Å². The highest BCUT2D eigenvalue weighted by Gasteiger charge is 2.39. The Hall–Kier alpha value is -0.460. The predicted octanol–water partition coefficient (Wildman–Crippen LogP) is 5.04. The normalized spacial score (nSPS) is 14.7. The third kappa shape index (κ3) is 6.12. The van der Waals surface area contributed by atoms with Crippen molar-refractivity contribution in [3.05, 3.63) is 21.1 Å². The van der Waals surface area contributed by atoms with Crippen molar-refractivity contribution in [2.75, 3.05) is 19.8 Å². The van der Waals surface area contributed by atoms with E-state index in [2.05, 4.69) is 36.9 Å². The van der Waals surface area contributed by atoms with Gasteiger partial charge in [-0.05, 0) is 49.1 Å². The lowest BCUT2D eigenvalue weighted by atomic mass is 10.3. The fourth-order valence-electron chi connectivity index (χ4n) is 1.54. The molecule has 0 amide bonds. The van der Waals surface area contributed by atoms with Crippen LogP contribution in [0, 0.1) is 0 Å². The Morgan fingerprint density at radius 2 is 1.67 bits per heavy atom. The van der Waals surface area contributed by atoms with Gasteiger partial charge in [0.15, 0.2) is 4.90 Å². The highest BCUT2D eigenvalue weighted by atomic mass is 79.9. The van der Waals surface area contributed by atoms with Crippen LogP contribution in [0.2, 0.25) is 0 Å². The van der Waals surface area contributed by atoms with Crippen molar-refractivity contribution >= 4 is 54.6 Å². The van der Waals surface area contributed by atoms with Crippen LogP contribution in [0.25, 0.3) is 0 Å². The maximum atomic E-state index is 12.9. The summed E-state index contributed by atoms with van der Waals surface area (Å²) >= 11 is 3.46. The number of hydrogen-bond donors (Lipinski definition) is 0. The Bertz CT molecular complexity index is 633. The van der Waals surface area contributed by atoms with E-state index in [9.17, 15) is 30.9 Å². The molecule has 1 aromatic rings. The summed E-state index contributed by atoms with van der Waals surface area (Å²) in [6.45, 7) is 0. The summed E-state index contributed by atoms with van der Waals surface area (Å²) in [5.74, 6) is -2.87. The molecule has 0 aliphatic carbocycles. The first-order valence-electron chi connectivity index (χ1n) is 5.99. The maximum Gasteiger partial charge on any atom is 0.449 e. The van der Waals surface area contributed by atoms with Crippen molar-refractivity contribution in [1.82, 2.24) is 4.90 Å². The Kier molecular flexibility index (Phi) is 7.04. The molecule has 1 unspecified atom stereocenters. The van der Waals surface area contributed by atoms with E-state index in [-0.39, 0.29) is 19.5 Å². The summed E-state index contributed by atoms with van der Waals surface area (Å²) in [5, 5.41) is 0. The van der Waals surface area contributed by atoms with E-state index in [0.717, 1.165) is 25.1 Å². The molecule has 24 heavy (non-hydrogen) atoms. The van der Waals surface area contributed by atoms with Crippen LogP contribution in [-0.2, 0) is 11.2 Å². The number of rotatable bonds is 3. The van der Waals surface area contributed by atoms with Crippen LogP contribution in [0.3, 0.4) is 0 Å². The summed E-state index contributed by atoms with van der Waals surface area (Å²) in [6, 6.07) is 2.12. The largest absolute Gasteiger partial charge is 0.611 e. The van der Waals surface area contributed by atoms with Crippen molar-refractivity contribution in [2.45, 2.75) is 17.2 Å². The van der Waals surface area contributed by atoms with Gasteiger partial charge in [-0.15, -0.1) is 0 Å². The van der Waals surface area contributed by atoms with Crippen LogP contribution < -0.4 is 0 Å². The third-order valence-corrected chi connectivity index (χ3v) is 5.42. The first-order valence-corrected chi connectivity index (χ1v) is 8.90. The maximum absolute atomic E-state index is 12.9. The molecule has 12 heteroatoms. The Morgan fingerprint density at radius 1 is 1.12 bits per heavy atom. The average molecular weight is 504 g/mol. The monoisotopic (exact) mass is 502 g/mol. The molecule has 0 spiro atoms. The lowest BCUT2D eigenvalue weighted by Crippen LogP contribution is -2.35. The first kappa shape index (κ1) is 21.6. The molecule has 3 nitrogen and oxygen atoms in total. The van der Waals surface area contributed by atoms with E-state index in [1.165, 1.54) is 6.07 Å². The predicted molar refractivity (Wildman–Crippen MR) is 86.0 cm³/mol. The second-order valence-corrected chi connectivity index (χ2v) is 7.79. The van der Waals surface area contributed by atoms with Crippen molar-refractivity contribution in [3.63, 3.8) is 0 Å². The van der Waals surface area contributed by atoms with Crippen molar-refractivity contribution in [1.29, 1.82) is 0 Å². The molecule has 1 atom stereocenters. The molecule has 0 fully saturated rings. The second-order valence-electron chi connectivity index (χ2n) is 4.67. The topological polar surface area (TPSA) is 38.7 Å². The lowest BCUT2D eigenvalue weighted by Gasteiger charge is -2.19. The SMILES string of the molecule is CN(C)/C(=N/c1cc([S+]([O-])CC(F)(F)F)c(Br)cc1Br)C(F)(F)F. The average Bonchev–Trinajstić information content (AvgIpc) is 2.33. The number of amidine groups is 1. The molecule has 136 valence electrons. The fourth-order valence-corrected chi connectivity index (χ4v) is 4.13. The van der Waals surface area contributed by atoms with E-state index >= 15 is 0 Å². The zero-order valence-electron chi connectivity index (χ0n) is 12.1.